The monoisotopic (exact) mass is 395 g/mol. The summed E-state index contributed by atoms with van der Waals surface area (Å²) < 4.78 is 5.61. The molecule has 1 fully saturated rings. The Morgan fingerprint density at radius 2 is 1.93 bits per heavy atom. The lowest BCUT2D eigenvalue weighted by atomic mass is 10.2. The minimum atomic E-state index is -0.274. The Hall–Kier alpha value is -3.13. The minimum Gasteiger partial charge on any atom is -0.491 e. The maximum absolute atomic E-state index is 12.6. The topological polar surface area (TPSA) is 78.0 Å². The van der Waals surface area contributed by atoms with Crippen LogP contribution < -0.4 is 19.9 Å². The number of carbonyl (C=O) groups excluding carboxylic acids is 2. The van der Waals surface area contributed by atoms with Gasteiger partial charge in [-0.05, 0) is 31.3 Å². The molecule has 8 heteroatoms. The van der Waals surface area contributed by atoms with E-state index in [4.69, 9.17) is 4.74 Å². The molecule has 2 aromatic rings. The SMILES string of the molecule is CN1CCN(c2ccc(NC(=O)CN3C(=O)CCOc4ccccc43)cn2)CC1. The number of anilines is 3. The number of hydrogen-bond donors (Lipinski definition) is 1. The van der Waals surface area contributed by atoms with Gasteiger partial charge in [-0.15, -0.1) is 0 Å². The van der Waals surface area contributed by atoms with Gasteiger partial charge in [-0.2, -0.15) is 0 Å². The number of benzene rings is 1. The predicted molar refractivity (Wildman–Crippen MR) is 111 cm³/mol. The Labute approximate surface area is 170 Å². The lowest BCUT2D eigenvalue weighted by molar-refractivity contribution is -0.121. The van der Waals surface area contributed by atoms with Crippen molar-refractivity contribution in [3.8, 4) is 5.75 Å². The van der Waals surface area contributed by atoms with E-state index >= 15 is 0 Å². The summed E-state index contributed by atoms with van der Waals surface area (Å²) in [5, 5.41) is 2.84. The zero-order valence-corrected chi connectivity index (χ0v) is 16.5. The van der Waals surface area contributed by atoms with E-state index in [1.165, 1.54) is 4.90 Å². The fourth-order valence-electron chi connectivity index (χ4n) is 3.52. The second kappa shape index (κ2) is 8.48. The fraction of sp³-hybridized carbons (Fsp3) is 0.381. The number of piperazine rings is 1. The molecule has 29 heavy (non-hydrogen) atoms. The van der Waals surface area contributed by atoms with E-state index in [1.807, 2.05) is 24.3 Å². The van der Waals surface area contributed by atoms with Crippen LogP contribution in [0.3, 0.4) is 0 Å². The number of pyridine rings is 1. The van der Waals surface area contributed by atoms with E-state index < -0.39 is 0 Å². The number of aromatic nitrogens is 1. The molecule has 0 aliphatic carbocycles. The van der Waals surface area contributed by atoms with Crippen LogP contribution in [0, 0.1) is 0 Å². The van der Waals surface area contributed by atoms with E-state index in [1.54, 1.807) is 18.3 Å². The highest BCUT2D eigenvalue weighted by atomic mass is 16.5. The van der Waals surface area contributed by atoms with Gasteiger partial charge in [0.2, 0.25) is 11.8 Å². The molecular formula is C21H25N5O3. The number of fused-ring (bicyclic) bond motifs is 1. The van der Waals surface area contributed by atoms with Crippen LogP contribution in [0.5, 0.6) is 5.75 Å². The summed E-state index contributed by atoms with van der Waals surface area (Å²) in [5.41, 5.74) is 1.23. The van der Waals surface area contributed by atoms with Crippen LogP contribution in [0.15, 0.2) is 42.6 Å². The van der Waals surface area contributed by atoms with E-state index in [9.17, 15) is 9.59 Å². The average molecular weight is 395 g/mol. The molecule has 1 aromatic heterocycles. The van der Waals surface area contributed by atoms with Gasteiger partial charge in [0.05, 0.1) is 30.6 Å². The summed E-state index contributed by atoms with van der Waals surface area (Å²) in [7, 11) is 2.11. The number of hydrogen-bond acceptors (Lipinski definition) is 6. The molecule has 2 aliphatic rings. The van der Waals surface area contributed by atoms with E-state index in [2.05, 4.69) is 27.1 Å². The number of nitrogens with zero attached hydrogens (tertiary/aromatic N) is 4. The van der Waals surface area contributed by atoms with Crippen LogP contribution in [0.25, 0.3) is 0 Å². The van der Waals surface area contributed by atoms with Gasteiger partial charge in [0.25, 0.3) is 0 Å². The molecule has 1 N–H and O–H groups in total. The number of para-hydroxylation sites is 2. The molecule has 4 rings (SSSR count). The molecule has 8 nitrogen and oxygen atoms in total. The molecule has 0 unspecified atom stereocenters. The van der Waals surface area contributed by atoms with E-state index in [0.29, 0.717) is 23.7 Å². The van der Waals surface area contributed by atoms with Crippen LogP contribution in [0.2, 0.25) is 0 Å². The molecule has 0 bridgehead atoms. The Kier molecular flexibility index (Phi) is 5.62. The molecular weight excluding hydrogens is 370 g/mol. The van der Waals surface area contributed by atoms with Gasteiger partial charge in [-0.3, -0.25) is 14.5 Å². The van der Waals surface area contributed by atoms with Gasteiger partial charge in [-0.25, -0.2) is 4.98 Å². The maximum atomic E-state index is 12.6. The number of nitrogens with one attached hydrogen (secondary N) is 1. The standard InChI is InChI=1S/C21H25N5O3/c1-24-9-11-25(12-10-24)19-7-6-16(14-22-19)23-20(27)15-26-17-4-2-3-5-18(17)29-13-8-21(26)28/h2-7,14H,8-13,15H2,1H3,(H,23,27). The highest BCUT2D eigenvalue weighted by Crippen LogP contribution is 2.30. The highest BCUT2D eigenvalue weighted by molar-refractivity contribution is 6.03. The third-order valence-electron chi connectivity index (χ3n) is 5.19. The van der Waals surface area contributed by atoms with Crippen LogP contribution in [0.4, 0.5) is 17.2 Å². The van der Waals surface area contributed by atoms with Gasteiger partial charge >= 0.3 is 0 Å². The van der Waals surface area contributed by atoms with Crippen molar-refractivity contribution in [1.29, 1.82) is 0 Å². The van der Waals surface area contributed by atoms with Crippen molar-refractivity contribution < 1.29 is 14.3 Å². The van der Waals surface area contributed by atoms with Crippen molar-refractivity contribution >= 4 is 29.0 Å². The molecule has 1 aromatic carbocycles. The van der Waals surface area contributed by atoms with Crippen molar-refractivity contribution in [3.63, 3.8) is 0 Å². The quantitative estimate of drug-likeness (QED) is 0.847. The smallest absolute Gasteiger partial charge is 0.244 e. The van der Waals surface area contributed by atoms with Gasteiger partial charge in [-0.1, -0.05) is 12.1 Å². The first-order valence-electron chi connectivity index (χ1n) is 9.82. The second-order valence-electron chi connectivity index (χ2n) is 7.29. The van der Waals surface area contributed by atoms with Gasteiger partial charge < -0.3 is 19.9 Å². The average Bonchev–Trinajstić information content (AvgIpc) is 2.88. The molecule has 0 spiro atoms. The van der Waals surface area contributed by atoms with Crippen molar-refractivity contribution in [3.05, 3.63) is 42.6 Å². The Morgan fingerprint density at radius 1 is 1.14 bits per heavy atom. The van der Waals surface area contributed by atoms with Gasteiger partial charge in [0.1, 0.15) is 18.1 Å². The molecule has 2 amide bonds. The molecule has 0 atom stereocenters. The summed E-state index contributed by atoms with van der Waals surface area (Å²) in [6.45, 7) is 4.14. The van der Waals surface area contributed by atoms with Crippen LogP contribution in [0.1, 0.15) is 6.42 Å². The lowest BCUT2D eigenvalue weighted by Gasteiger charge is -2.33. The van der Waals surface area contributed by atoms with E-state index in [0.717, 1.165) is 32.0 Å². The van der Waals surface area contributed by atoms with Crippen molar-refractivity contribution in [2.24, 2.45) is 0 Å². The Morgan fingerprint density at radius 3 is 2.69 bits per heavy atom. The Bertz CT molecular complexity index is 878. The van der Waals surface area contributed by atoms with Crippen LogP contribution >= 0.6 is 0 Å². The first-order valence-corrected chi connectivity index (χ1v) is 9.82. The summed E-state index contributed by atoms with van der Waals surface area (Å²) in [5.74, 6) is 1.12. The zero-order chi connectivity index (χ0) is 20.2. The largest absolute Gasteiger partial charge is 0.491 e. The summed E-state index contributed by atoms with van der Waals surface area (Å²) >= 11 is 0. The second-order valence-corrected chi connectivity index (χ2v) is 7.29. The van der Waals surface area contributed by atoms with Gasteiger partial charge in [0.15, 0.2) is 0 Å². The normalized spacial score (nSPS) is 17.3. The number of rotatable bonds is 4. The molecule has 1 saturated heterocycles. The minimum absolute atomic E-state index is 0.0700. The molecule has 2 aliphatic heterocycles. The molecule has 152 valence electrons. The zero-order valence-electron chi connectivity index (χ0n) is 16.5. The number of likely N-dealkylation sites (N-methyl/N-ethyl adjacent to an activating group) is 1. The van der Waals surface area contributed by atoms with Crippen LogP contribution in [-0.4, -0.2) is 68.1 Å². The number of amides is 2. The van der Waals surface area contributed by atoms with Crippen molar-refractivity contribution in [1.82, 2.24) is 9.88 Å². The number of carbonyl (C=O) groups is 2. The number of ether oxygens (including phenoxy) is 1. The third-order valence-corrected chi connectivity index (χ3v) is 5.19. The molecule has 3 heterocycles. The maximum Gasteiger partial charge on any atom is 0.244 e. The lowest BCUT2D eigenvalue weighted by Crippen LogP contribution is -2.44. The first kappa shape index (κ1) is 19.2. The molecule has 0 saturated carbocycles. The Balaban J connectivity index is 1.40. The van der Waals surface area contributed by atoms with Crippen molar-refractivity contribution in [2.45, 2.75) is 6.42 Å². The molecule has 0 radical (unpaired) electrons. The van der Waals surface area contributed by atoms with Crippen molar-refractivity contribution in [2.75, 3.05) is 61.5 Å². The summed E-state index contributed by atoms with van der Waals surface area (Å²) in [4.78, 5) is 35.5. The van der Waals surface area contributed by atoms with E-state index in [-0.39, 0.29) is 24.8 Å². The fourth-order valence-corrected chi connectivity index (χ4v) is 3.52. The third kappa shape index (κ3) is 4.48. The highest BCUT2D eigenvalue weighted by Gasteiger charge is 2.25. The predicted octanol–water partition coefficient (Wildman–Crippen LogP) is 1.59. The van der Waals surface area contributed by atoms with Gasteiger partial charge in [0, 0.05) is 26.2 Å². The van der Waals surface area contributed by atoms with Crippen LogP contribution in [-0.2, 0) is 9.59 Å². The summed E-state index contributed by atoms with van der Waals surface area (Å²) in [6, 6.07) is 11.0. The summed E-state index contributed by atoms with van der Waals surface area (Å²) in [6.07, 6.45) is 1.90. The first-order chi connectivity index (χ1) is 14.1.